The van der Waals surface area contributed by atoms with Gasteiger partial charge in [0.15, 0.2) is 0 Å². The molecule has 9 heteroatoms. The van der Waals surface area contributed by atoms with Crippen LogP contribution in [0.5, 0.6) is 0 Å². The number of piperidine rings is 1. The monoisotopic (exact) mass is 412 g/mol. The highest BCUT2D eigenvalue weighted by Crippen LogP contribution is 2.30. The van der Waals surface area contributed by atoms with Gasteiger partial charge in [0.25, 0.3) is 11.5 Å². The van der Waals surface area contributed by atoms with Crippen molar-refractivity contribution < 1.29 is 18.7 Å². The number of hydrogen-bond donors (Lipinski definition) is 2. The third kappa shape index (κ3) is 5.60. The zero-order valence-corrected chi connectivity index (χ0v) is 17.1. The molecule has 7 nitrogen and oxygen atoms in total. The standard InChI is InChI=1S/C20H30F2N4O3/c1-14-16(18(28)24-15(2)23-14)12-17(27)26-8-3-4-19(29,5-11-26)13-25-9-6-20(21,22)7-10-25/h29H,3-13H2,1-2H3,(H,23,24,28)/t19-/m1/s1. The molecule has 2 aliphatic heterocycles. The fourth-order valence-corrected chi connectivity index (χ4v) is 4.26. The van der Waals surface area contributed by atoms with Gasteiger partial charge in [0.2, 0.25) is 5.91 Å². The molecule has 2 N–H and O–H groups in total. The van der Waals surface area contributed by atoms with Gasteiger partial charge in [0, 0.05) is 56.8 Å². The van der Waals surface area contributed by atoms with Crippen molar-refractivity contribution in [2.24, 2.45) is 0 Å². The van der Waals surface area contributed by atoms with Gasteiger partial charge in [-0.3, -0.25) is 9.59 Å². The first-order chi connectivity index (χ1) is 13.6. The molecule has 1 aromatic heterocycles. The summed E-state index contributed by atoms with van der Waals surface area (Å²) in [4.78, 5) is 35.3. The predicted octanol–water partition coefficient (Wildman–Crippen LogP) is 1.40. The van der Waals surface area contributed by atoms with Crippen molar-refractivity contribution in [1.29, 1.82) is 0 Å². The van der Waals surface area contributed by atoms with Gasteiger partial charge in [-0.25, -0.2) is 13.8 Å². The van der Waals surface area contributed by atoms with Crippen LogP contribution in [0.3, 0.4) is 0 Å². The minimum absolute atomic E-state index is 0.0198. The number of hydrogen-bond acceptors (Lipinski definition) is 5. The number of aryl methyl sites for hydroxylation is 2. The summed E-state index contributed by atoms with van der Waals surface area (Å²) in [6.07, 6.45) is 1.18. The van der Waals surface area contributed by atoms with Crippen molar-refractivity contribution in [1.82, 2.24) is 19.8 Å². The second-order valence-electron chi connectivity index (χ2n) is 8.48. The Kier molecular flexibility index (Phi) is 6.38. The number of aromatic amines is 1. The third-order valence-corrected chi connectivity index (χ3v) is 6.04. The van der Waals surface area contributed by atoms with Gasteiger partial charge in [-0.15, -0.1) is 0 Å². The number of nitrogens with zero attached hydrogens (tertiary/aromatic N) is 3. The molecule has 3 heterocycles. The van der Waals surface area contributed by atoms with Gasteiger partial charge in [0.05, 0.1) is 12.0 Å². The molecule has 0 aromatic carbocycles. The highest BCUT2D eigenvalue weighted by atomic mass is 19.3. The summed E-state index contributed by atoms with van der Waals surface area (Å²) in [6, 6.07) is 0. The van der Waals surface area contributed by atoms with Gasteiger partial charge in [0.1, 0.15) is 5.82 Å². The van der Waals surface area contributed by atoms with E-state index in [9.17, 15) is 23.5 Å². The molecular formula is C20H30F2N4O3. The molecule has 2 saturated heterocycles. The highest BCUT2D eigenvalue weighted by Gasteiger charge is 2.38. The summed E-state index contributed by atoms with van der Waals surface area (Å²) in [5.41, 5.74) is -0.362. The Morgan fingerprint density at radius 2 is 1.83 bits per heavy atom. The molecule has 0 radical (unpaired) electrons. The molecule has 0 unspecified atom stereocenters. The van der Waals surface area contributed by atoms with Crippen LogP contribution in [0.1, 0.15) is 49.2 Å². The fourth-order valence-electron chi connectivity index (χ4n) is 4.26. The van der Waals surface area contributed by atoms with Gasteiger partial charge in [-0.1, -0.05) is 0 Å². The zero-order chi connectivity index (χ0) is 21.2. The van der Waals surface area contributed by atoms with Crippen molar-refractivity contribution in [3.8, 4) is 0 Å². The van der Waals surface area contributed by atoms with Crippen molar-refractivity contribution in [2.45, 2.75) is 63.9 Å². The molecule has 1 aromatic rings. The molecule has 2 fully saturated rings. The number of nitrogens with one attached hydrogen (secondary N) is 1. The van der Waals surface area contributed by atoms with E-state index in [0.29, 0.717) is 56.0 Å². The number of alkyl halides is 2. The predicted molar refractivity (Wildman–Crippen MR) is 104 cm³/mol. The third-order valence-electron chi connectivity index (χ3n) is 6.04. The number of carbonyl (C=O) groups excluding carboxylic acids is 1. The second-order valence-corrected chi connectivity index (χ2v) is 8.48. The summed E-state index contributed by atoms with van der Waals surface area (Å²) in [7, 11) is 0. The van der Waals surface area contributed by atoms with Gasteiger partial charge < -0.3 is 19.9 Å². The molecule has 29 heavy (non-hydrogen) atoms. The van der Waals surface area contributed by atoms with Crippen LogP contribution in [0.15, 0.2) is 4.79 Å². The average molecular weight is 412 g/mol. The van der Waals surface area contributed by atoms with E-state index in [4.69, 9.17) is 0 Å². The number of halogens is 2. The molecule has 2 aliphatic rings. The van der Waals surface area contributed by atoms with Crippen molar-refractivity contribution in [2.75, 3.05) is 32.7 Å². The molecule has 0 spiro atoms. The minimum atomic E-state index is -2.60. The fraction of sp³-hybridized carbons (Fsp3) is 0.750. The Morgan fingerprint density at radius 1 is 1.14 bits per heavy atom. The van der Waals surface area contributed by atoms with Crippen LogP contribution in [0.4, 0.5) is 8.78 Å². The van der Waals surface area contributed by atoms with E-state index in [0.717, 1.165) is 0 Å². The lowest BCUT2D eigenvalue weighted by Crippen LogP contribution is -2.48. The first-order valence-electron chi connectivity index (χ1n) is 10.2. The van der Waals surface area contributed by atoms with Crippen LogP contribution in [-0.4, -0.2) is 75.0 Å². The summed E-state index contributed by atoms with van der Waals surface area (Å²) >= 11 is 0. The SMILES string of the molecule is Cc1nc(C)c(CC(=O)N2CCC[C@](O)(CN3CCC(F)(F)CC3)CC2)c(=O)[nH]1. The van der Waals surface area contributed by atoms with Crippen LogP contribution in [0.25, 0.3) is 0 Å². The van der Waals surface area contributed by atoms with E-state index in [1.54, 1.807) is 18.7 Å². The number of carbonyl (C=O) groups is 1. The lowest BCUT2D eigenvalue weighted by atomic mass is 9.93. The summed E-state index contributed by atoms with van der Waals surface area (Å²) in [5, 5.41) is 11.0. The van der Waals surface area contributed by atoms with E-state index >= 15 is 0 Å². The molecule has 0 bridgehead atoms. The van der Waals surface area contributed by atoms with Crippen LogP contribution in [-0.2, 0) is 11.2 Å². The number of aromatic nitrogens is 2. The van der Waals surface area contributed by atoms with E-state index in [-0.39, 0.29) is 43.8 Å². The number of rotatable bonds is 4. The normalized spacial score (nSPS) is 25.6. The molecule has 3 rings (SSSR count). The smallest absolute Gasteiger partial charge is 0.254 e. The van der Waals surface area contributed by atoms with Crippen molar-refractivity contribution in [3.05, 3.63) is 27.4 Å². The maximum atomic E-state index is 13.4. The Hall–Kier alpha value is -1.87. The number of H-pyrrole nitrogens is 1. The first-order valence-corrected chi connectivity index (χ1v) is 10.2. The second kappa shape index (κ2) is 8.47. The number of aliphatic hydroxyl groups is 1. The first kappa shape index (κ1) is 21.8. The number of amides is 1. The molecular weight excluding hydrogens is 382 g/mol. The number of likely N-dealkylation sites (tertiary alicyclic amines) is 2. The van der Waals surface area contributed by atoms with Crippen molar-refractivity contribution >= 4 is 5.91 Å². The lowest BCUT2D eigenvalue weighted by Gasteiger charge is -2.37. The minimum Gasteiger partial charge on any atom is -0.388 e. The topological polar surface area (TPSA) is 89.5 Å². The van der Waals surface area contributed by atoms with E-state index in [1.807, 2.05) is 4.90 Å². The average Bonchev–Trinajstić information content (AvgIpc) is 2.82. The zero-order valence-electron chi connectivity index (χ0n) is 17.1. The van der Waals surface area contributed by atoms with Gasteiger partial charge >= 0.3 is 0 Å². The van der Waals surface area contributed by atoms with Crippen LogP contribution >= 0.6 is 0 Å². The molecule has 0 aliphatic carbocycles. The number of β-amino-alcohol motifs (C(OH)–C–C–N with tert-alkyl or cyclic N) is 1. The Balaban J connectivity index is 1.58. The van der Waals surface area contributed by atoms with E-state index < -0.39 is 11.5 Å². The Bertz CT molecular complexity index is 803. The molecule has 0 saturated carbocycles. The Morgan fingerprint density at radius 3 is 2.48 bits per heavy atom. The maximum absolute atomic E-state index is 13.4. The van der Waals surface area contributed by atoms with Gasteiger partial charge in [-0.2, -0.15) is 0 Å². The maximum Gasteiger partial charge on any atom is 0.254 e. The van der Waals surface area contributed by atoms with E-state index in [2.05, 4.69) is 9.97 Å². The lowest BCUT2D eigenvalue weighted by molar-refractivity contribution is -0.130. The quantitative estimate of drug-likeness (QED) is 0.781. The van der Waals surface area contributed by atoms with Crippen LogP contribution < -0.4 is 5.56 Å². The summed E-state index contributed by atoms with van der Waals surface area (Å²) in [6.45, 7) is 5.21. The molecule has 1 amide bonds. The molecule has 1 atom stereocenters. The van der Waals surface area contributed by atoms with E-state index in [1.165, 1.54) is 0 Å². The van der Waals surface area contributed by atoms with Crippen LogP contribution in [0, 0.1) is 13.8 Å². The molecule has 162 valence electrons. The van der Waals surface area contributed by atoms with Gasteiger partial charge in [-0.05, 0) is 33.1 Å². The highest BCUT2D eigenvalue weighted by molar-refractivity contribution is 5.79. The largest absolute Gasteiger partial charge is 0.388 e. The van der Waals surface area contributed by atoms with Crippen molar-refractivity contribution in [3.63, 3.8) is 0 Å². The summed E-state index contributed by atoms with van der Waals surface area (Å²) in [5.74, 6) is -2.25. The Labute approximate surface area is 169 Å². The summed E-state index contributed by atoms with van der Waals surface area (Å²) < 4.78 is 26.7. The van der Waals surface area contributed by atoms with Crippen LogP contribution in [0.2, 0.25) is 0 Å².